The fraction of sp³-hybridized carbons (Fsp3) is 0.541. The van der Waals surface area contributed by atoms with Gasteiger partial charge in [-0.1, -0.05) is 6.07 Å². The number of aliphatic hydroxyl groups is 1. The topological polar surface area (TPSA) is 145 Å². The molecule has 2 amide bonds. The van der Waals surface area contributed by atoms with Crippen molar-refractivity contribution in [1.29, 1.82) is 0 Å². The Morgan fingerprint density at radius 1 is 0.980 bits per heavy atom. The molecule has 13 nitrogen and oxygen atoms in total. The molecule has 0 aliphatic carbocycles. The fourth-order valence-corrected chi connectivity index (χ4v) is 6.99. The Kier molecular flexibility index (Phi) is 13.0. The molecule has 2 N–H and O–H groups in total. The lowest BCUT2D eigenvalue weighted by molar-refractivity contribution is -0.130. The van der Waals surface area contributed by atoms with Crippen LogP contribution >= 0.6 is 13.5 Å². The number of Topliss-reactive ketones (excluding diaryl/α,β-unsaturated/α-hetero) is 1. The summed E-state index contributed by atoms with van der Waals surface area (Å²) in [7, 11) is 0. The number of carbonyl (C=O) groups excluding carboxylic acids is 3. The minimum atomic E-state index is -0.640. The van der Waals surface area contributed by atoms with E-state index in [4.69, 9.17) is 14.1 Å². The molecule has 276 valence electrons. The summed E-state index contributed by atoms with van der Waals surface area (Å²) < 4.78 is 11.3. The molecule has 0 spiro atoms. The fourth-order valence-electron chi connectivity index (χ4n) is 6.99. The van der Waals surface area contributed by atoms with Crippen molar-refractivity contribution in [3.8, 4) is 5.75 Å². The number of ether oxygens (including phenoxy) is 1. The van der Waals surface area contributed by atoms with E-state index < -0.39 is 6.10 Å². The van der Waals surface area contributed by atoms with Crippen LogP contribution < -0.4 is 15.0 Å². The zero-order valence-corrected chi connectivity index (χ0v) is 30.9. The number of likely N-dealkylation sites (tertiary alicyclic amines) is 1. The van der Waals surface area contributed by atoms with Crippen LogP contribution in [0.15, 0.2) is 41.1 Å². The number of amides is 2. The van der Waals surface area contributed by atoms with Gasteiger partial charge in [-0.25, -0.2) is 9.97 Å². The van der Waals surface area contributed by atoms with Crippen LogP contribution in [0.5, 0.6) is 5.75 Å². The number of aryl methyl sites for hydroxylation is 1. The molecule has 1 atom stereocenters. The second-order valence-corrected chi connectivity index (χ2v) is 13.7. The number of oxazole rings is 1. The maximum absolute atomic E-state index is 13.6. The van der Waals surface area contributed by atoms with Gasteiger partial charge in [0.1, 0.15) is 24.0 Å². The maximum Gasteiger partial charge on any atom is 0.219 e. The molecule has 6 rings (SSSR count). The van der Waals surface area contributed by atoms with E-state index in [1.54, 1.807) is 13.8 Å². The predicted octanol–water partition coefficient (Wildman–Crippen LogP) is 3.54. The average molecular weight is 722 g/mol. The van der Waals surface area contributed by atoms with Gasteiger partial charge in [0.25, 0.3) is 0 Å². The molecule has 0 unspecified atom stereocenters. The Balaban J connectivity index is 0.00000504. The molecule has 2 saturated heterocycles. The second-order valence-electron chi connectivity index (χ2n) is 13.7. The molecule has 3 aliphatic heterocycles. The van der Waals surface area contributed by atoms with Gasteiger partial charge in [-0.3, -0.25) is 19.3 Å². The van der Waals surface area contributed by atoms with Gasteiger partial charge in [-0.05, 0) is 68.0 Å². The van der Waals surface area contributed by atoms with Crippen LogP contribution in [0.2, 0.25) is 0 Å². The van der Waals surface area contributed by atoms with Gasteiger partial charge in [0.15, 0.2) is 17.9 Å². The van der Waals surface area contributed by atoms with E-state index >= 15 is 0 Å². The molecular weight excluding hydrogens is 671 g/mol. The number of fused-ring (bicyclic) bond motifs is 1. The van der Waals surface area contributed by atoms with Crippen molar-refractivity contribution in [3.63, 3.8) is 0 Å². The number of ketones is 1. The monoisotopic (exact) mass is 721 g/mol. The number of piperazine rings is 1. The summed E-state index contributed by atoms with van der Waals surface area (Å²) in [5.41, 5.74) is 3.83. The molecule has 5 heterocycles. The van der Waals surface area contributed by atoms with E-state index in [9.17, 15) is 19.5 Å². The molecule has 0 bridgehead atoms. The minimum absolute atomic E-state index is 0. The molecule has 14 heteroatoms. The van der Waals surface area contributed by atoms with Gasteiger partial charge in [0, 0.05) is 90.8 Å². The first-order valence-corrected chi connectivity index (χ1v) is 17.7. The maximum atomic E-state index is 13.6. The van der Waals surface area contributed by atoms with Gasteiger partial charge in [-0.2, -0.15) is 13.5 Å². The number of pyridine rings is 1. The van der Waals surface area contributed by atoms with Crippen LogP contribution in [-0.4, -0.2) is 112 Å². The molecule has 0 saturated carbocycles. The Morgan fingerprint density at radius 2 is 1.71 bits per heavy atom. The summed E-state index contributed by atoms with van der Waals surface area (Å²) in [5.74, 6) is 2.95. The summed E-state index contributed by atoms with van der Waals surface area (Å²) in [6, 6.07) is 9.93. The number of hydrogen-bond acceptors (Lipinski definition) is 11. The van der Waals surface area contributed by atoms with Gasteiger partial charge in [0.2, 0.25) is 11.8 Å². The molecule has 1 aromatic carbocycles. The van der Waals surface area contributed by atoms with Crippen molar-refractivity contribution in [1.82, 2.24) is 24.7 Å². The van der Waals surface area contributed by atoms with Gasteiger partial charge in [0.05, 0.1) is 11.8 Å². The molecule has 51 heavy (non-hydrogen) atoms. The molecule has 2 aromatic heterocycles. The van der Waals surface area contributed by atoms with Crippen LogP contribution in [0.1, 0.15) is 72.5 Å². The van der Waals surface area contributed by atoms with Gasteiger partial charge < -0.3 is 34.3 Å². The number of aromatic nitrogens is 2. The molecular formula is C37H51N7O6S. The van der Waals surface area contributed by atoms with E-state index in [0.29, 0.717) is 76.0 Å². The number of carbonyl (C=O) groups is 3. The Morgan fingerprint density at radius 3 is 2.39 bits per heavy atom. The van der Waals surface area contributed by atoms with E-state index in [1.165, 1.54) is 17.5 Å². The van der Waals surface area contributed by atoms with Crippen LogP contribution in [-0.2, 0) is 29.2 Å². The summed E-state index contributed by atoms with van der Waals surface area (Å²) in [6.07, 6.45) is 3.82. The zero-order valence-electron chi connectivity index (χ0n) is 29.9. The first-order chi connectivity index (χ1) is 24.1. The third-order valence-corrected chi connectivity index (χ3v) is 10.1. The highest BCUT2D eigenvalue weighted by atomic mass is 32.1. The zero-order chi connectivity index (χ0) is 35.2. The number of piperidine rings is 1. The summed E-state index contributed by atoms with van der Waals surface area (Å²) in [5, 5.41) is 14.5. The number of aliphatic hydroxyl groups excluding tert-OH is 1. The Labute approximate surface area is 306 Å². The van der Waals surface area contributed by atoms with Crippen LogP contribution in [0, 0.1) is 6.92 Å². The smallest absolute Gasteiger partial charge is 0.219 e. The molecule has 2 fully saturated rings. The standard InChI is InChI=1S/C37H49N7O6.H2S/c1-25-35(50-24-38-25)23-49-33-6-4-29-21-41(11-8-28(29)18-33)22-32(47)5-7-34(48)30-19-36(39-31-9-12-42(13-10-31)26(2)45)40-37(20-30)44-16-14-43(15-17-44)27(3)46;/h4,6,18-20,24,31-32,47H,5,7-17,21-23H2,1-3H3,(H,39,40);1H2/t32-;/m0./s1. The van der Waals surface area contributed by atoms with Gasteiger partial charge in [-0.15, -0.1) is 0 Å². The van der Waals surface area contributed by atoms with Crippen LogP contribution in [0.4, 0.5) is 11.6 Å². The van der Waals surface area contributed by atoms with Crippen molar-refractivity contribution in [3.05, 3.63) is 64.9 Å². The largest absolute Gasteiger partial charge is 0.486 e. The van der Waals surface area contributed by atoms with E-state index in [-0.39, 0.29) is 43.6 Å². The molecule has 0 radical (unpaired) electrons. The SMILES string of the molecule is CC(=O)N1CCC(Nc2cc(C(=O)CC[C@H](O)CN3CCc4cc(OCc5ocnc5C)ccc4C3)cc(N3CCN(C(C)=O)CC3)n2)CC1.S. The summed E-state index contributed by atoms with van der Waals surface area (Å²) >= 11 is 0. The Hall–Kier alpha value is -4.14. The first-order valence-electron chi connectivity index (χ1n) is 17.7. The highest BCUT2D eigenvalue weighted by Gasteiger charge is 2.25. The highest BCUT2D eigenvalue weighted by molar-refractivity contribution is 7.59. The van der Waals surface area contributed by atoms with Crippen molar-refractivity contribution in [2.45, 2.75) is 78.2 Å². The summed E-state index contributed by atoms with van der Waals surface area (Å²) in [6.45, 7) is 11.3. The van der Waals surface area contributed by atoms with Crippen LogP contribution in [0.3, 0.4) is 0 Å². The van der Waals surface area contributed by atoms with E-state index in [0.717, 1.165) is 49.6 Å². The third kappa shape index (κ3) is 10.0. The average Bonchev–Trinajstić information content (AvgIpc) is 3.53. The van der Waals surface area contributed by atoms with Gasteiger partial charge >= 0.3 is 0 Å². The van der Waals surface area contributed by atoms with Crippen molar-refractivity contribution in [2.75, 3.05) is 62.6 Å². The molecule has 3 aliphatic rings. The van der Waals surface area contributed by atoms with E-state index in [2.05, 4.69) is 32.2 Å². The predicted molar refractivity (Wildman–Crippen MR) is 199 cm³/mol. The summed E-state index contributed by atoms with van der Waals surface area (Å²) in [4.78, 5) is 54.3. The molecule has 3 aromatic rings. The normalized spacial score (nSPS) is 17.4. The third-order valence-electron chi connectivity index (χ3n) is 10.1. The lowest BCUT2D eigenvalue weighted by Gasteiger charge is -2.35. The number of rotatable bonds is 12. The highest BCUT2D eigenvalue weighted by Crippen LogP contribution is 2.27. The number of β-amino-alcohol motifs (C(OH)–C–C–N with tert-alkyl or cyclic N) is 1. The van der Waals surface area contributed by atoms with Crippen molar-refractivity contribution < 1.29 is 28.6 Å². The van der Waals surface area contributed by atoms with Crippen molar-refractivity contribution in [2.24, 2.45) is 0 Å². The van der Waals surface area contributed by atoms with Crippen LogP contribution in [0.25, 0.3) is 0 Å². The first kappa shape index (κ1) is 38.1. The van der Waals surface area contributed by atoms with Crippen molar-refractivity contribution >= 4 is 42.7 Å². The number of nitrogens with zero attached hydrogens (tertiary/aromatic N) is 6. The lowest BCUT2D eigenvalue weighted by Crippen LogP contribution is -2.48. The number of nitrogens with one attached hydrogen (secondary N) is 1. The quantitative estimate of drug-likeness (QED) is 0.265. The van der Waals surface area contributed by atoms with E-state index in [1.807, 2.05) is 34.9 Å². The lowest BCUT2D eigenvalue weighted by atomic mass is 9.98. The number of benzene rings is 1. The Bertz CT molecular complexity index is 1670. The second kappa shape index (κ2) is 17.4. The number of anilines is 2. The number of hydrogen-bond donors (Lipinski definition) is 2. The minimum Gasteiger partial charge on any atom is -0.486 e.